The predicted molar refractivity (Wildman–Crippen MR) is 114 cm³/mol. The number of ether oxygens (including phenoxy) is 2. The number of carbonyl (C=O) groups is 2. The topological polar surface area (TPSA) is 67.9 Å². The van der Waals surface area contributed by atoms with Crippen molar-refractivity contribution < 1.29 is 19.1 Å². The summed E-state index contributed by atoms with van der Waals surface area (Å²) in [6, 6.07) is 11.5. The third kappa shape index (κ3) is 5.15. The van der Waals surface area contributed by atoms with Crippen molar-refractivity contribution in [3.8, 4) is 0 Å². The fraction of sp³-hybridized carbons (Fsp3) is 0.391. The van der Waals surface area contributed by atoms with Crippen molar-refractivity contribution in [3.05, 3.63) is 58.7 Å². The summed E-state index contributed by atoms with van der Waals surface area (Å²) in [4.78, 5) is 27.3. The molecule has 1 heterocycles. The molecule has 0 aromatic heterocycles. The Morgan fingerprint density at radius 2 is 1.62 bits per heavy atom. The van der Waals surface area contributed by atoms with E-state index in [1.807, 2.05) is 57.2 Å². The van der Waals surface area contributed by atoms with Gasteiger partial charge in [-0.3, -0.25) is 4.79 Å². The third-order valence-electron chi connectivity index (χ3n) is 5.05. The lowest BCUT2D eigenvalue weighted by atomic mass is 10.00. The summed E-state index contributed by atoms with van der Waals surface area (Å²) in [5, 5.41) is 2.81. The molecule has 1 saturated heterocycles. The number of esters is 1. The molecule has 0 radical (unpaired) electrons. The van der Waals surface area contributed by atoms with Crippen LogP contribution in [0, 0.1) is 20.8 Å². The van der Waals surface area contributed by atoms with Crippen molar-refractivity contribution in [1.82, 2.24) is 0 Å². The van der Waals surface area contributed by atoms with Crippen molar-refractivity contribution in [1.29, 1.82) is 0 Å². The van der Waals surface area contributed by atoms with Crippen LogP contribution in [0.2, 0.25) is 0 Å². The molecular formula is C23H28N2O4. The number of morpholine rings is 1. The zero-order valence-electron chi connectivity index (χ0n) is 17.5. The number of anilines is 2. The highest BCUT2D eigenvalue weighted by Crippen LogP contribution is 2.20. The molecular weight excluding hydrogens is 368 g/mol. The van der Waals surface area contributed by atoms with Crippen LogP contribution in [0.15, 0.2) is 36.4 Å². The van der Waals surface area contributed by atoms with Gasteiger partial charge in [-0.1, -0.05) is 17.7 Å². The molecule has 1 N–H and O–H groups in total. The van der Waals surface area contributed by atoms with Crippen molar-refractivity contribution in [2.24, 2.45) is 0 Å². The summed E-state index contributed by atoms with van der Waals surface area (Å²) in [5.41, 5.74) is 5.05. The molecule has 1 unspecified atom stereocenters. The Hall–Kier alpha value is -2.86. The maximum atomic E-state index is 12.6. The largest absolute Gasteiger partial charge is 0.449 e. The fourth-order valence-corrected chi connectivity index (χ4v) is 3.60. The van der Waals surface area contributed by atoms with E-state index in [-0.39, 0.29) is 5.91 Å². The number of hydrogen-bond acceptors (Lipinski definition) is 5. The van der Waals surface area contributed by atoms with Gasteiger partial charge in [0.2, 0.25) is 0 Å². The molecule has 0 aliphatic carbocycles. The first-order valence-corrected chi connectivity index (χ1v) is 9.87. The number of carbonyl (C=O) groups excluding carboxylic acids is 2. The molecule has 6 nitrogen and oxygen atoms in total. The molecule has 0 bridgehead atoms. The van der Waals surface area contributed by atoms with E-state index in [4.69, 9.17) is 9.47 Å². The number of nitrogens with zero attached hydrogens (tertiary/aromatic N) is 1. The van der Waals surface area contributed by atoms with Crippen LogP contribution in [0.4, 0.5) is 11.4 Å². The molecule has 1 aliphatic rings. The van der Waals surface area contributed by atoms with Crippen LogP contribution >= 0.6 is 0 Å². The summed E-state index contributed by atoms with van der Waals surface area (Å²) in [5.74, 6) is -0.842. The molecule has 2 aromatic carbocycles. The monoisotopic (exact) mass is 396 g/mol. The lowest BCUT2D eigenvalue weighted by Gasteiger charge is -2.28. The first kappa shape index (κ1) is 20.9. The molecule has 2 aromatic rings. The van der Waals surface area contributed by atoms with Gasteiger partial charge >= 0.3 is 5.97 Å². The Balaban J connectivity index is 1.60. The maximum Gasteiger partial charge on any atom is 0.339 e. The molecule has 0 spiro atoms. The van der Waals surface area contributed by atoms with E-state index < -0.39 is 12.1 Å². The van der Waals surface area contributed by atoms with Crippen LogP contribution in [-0.4, -0.2) is 44.3 Å². The molecule has 154 valence electrons. The Bertz CT molecular complexity index is 863. The SMILES string of the molecule is Cc1cc(C)c(C(=O)OC(C)C(=O)Nc2ccc(N3CCOCC3)cc2)c(C)c1. The second-order valence-corrected chi connectivity index (χ2v) is 7.46. The number of aryl methyl sites for hydroxylation is 3. The standard InChI is InChI=1S/C23H28N2O4/c1-15-13-16(2)21(17(3)14-15)23(27)29-18(4)22(26)24-19-5-7-20(8-6-19)25-9-11-28-12-10-25/h5-8,13-14,18H,9-12H2,1-4H3,(H,24,26). The van der Waals surface area contributed by atoms with Gasteiger partial charge in [-0.2, -0.15) is 0 Å². The highest BCUT2D eigenvalue weighted by Gasteiger charge is 2.22. The third-order valence-corrected chi connectivity index (χ3v) is 5.05. The summed E-state index contributed by atoms with van der Waals surface area (Å²) in [7, 11) is 0. The molecule has 1 atom stereocenters. The number of amides is 1. The molecule has 0 saturated carbocycles. The zero-order valence-corrected chi connectivity index (χ0v) is 17.5. The average Bonchev–Trinajstić information content (AvgIpc) is 2.68. The van der Waals surface area contributed by atoms with Gasteiger partial charge in [0.05, 0.1) is 18.8 Å². The highest BCUT2D eigenvalue weighted by molar-refractivity contribution is 5.98. The van der Waals surface area contributed by atoms with E-state index in [1.165, 1.54) is 0 Å². The van der Waals surface area contributed by atoms with Gasteiger partial charge < -0.3 is 19.7 Å². The van der Waals surface area contributed by atoms with E-state index in [1.54, 1.807) is 6.92 Å². The lowest BCUT2D eigenvalue weighted by molar-refractivity contribution is -0.123. The molecule has 6 heteroatoms. The summed E-state index contributed by atoms with van der Waals surface area (Å²) >= 11 is 0. The van der Waals surface area contributed by atoms with Crippen LogP contribution in [0.5, 0.6) is 0 Å². The van der Waals surface area contributed by atoms with Crippen LogP contribution in [0.3, 0.4) is 0 Å². The Kier molecular flexibility index (Phi) is 6.54. The number of nitrogens with one attached hydrogen (secondary N) is 1. The summed E-state index contributed by atoms with van der Waals surface area (Å²) < 4.78 is 10.8. The van der Waals surface area contributed by atoms with E-state index in [9.17, 15) is 9.59 Å². The van der Waals surface area contributed by atoms with Gasteiger partial charge in [0.15, 0.2) is 6.10 Å². The molecule has 29 heavy (non-hydrogen) atoms. The zero-order chi connectivity index (χ0) is 21.0. The number of hydrogen-bond donors (Lipinski definition) is 1. The fourth-order valence-electron chi connectivity index (χ4n) is 3.60. The highest BCUT2D eigenvalue weighted by atomic mass is 16.5. The van der Waals surface area contributed by atoms with E-state index in [0.29, 0.717) is 11.3 Å². The molecule has 1 fully saturated rings. The Morgan fingerprint density at radius 1 is 1.03 bits per heavy atom. The van der Waals surface area contributed by atoms with Gasteiger partial charge in [0.1, 0.15) is 0 Å². The lowest BCUT2D eigenvalue weighted by Crippen LogP contribution is -2.36. The van der Waals surface area contributed by atoms with Crippen LogP contribution in [0.1, 0.15) is 34.0 Å². The van der Waals surface area contributed by atoms with Crippen molar-refractivity contribution in [2.45, 2.75) is 33.8 Å². The van der Waals surface area contributed by atoms with Crippen molar-refractivity contribution in [3.63, 3.8) is 0 Å². The van der Waals surface area contributed by atoms with Crippen LogP contribution in [-0.2, 0) is 14.3 Å². The normalized spacial score (nSPS) is 15.0. The average molecular weight is 396 g/mol. The van der Waals surface area contributed by atoms with E-state index in [0.717, 1.165) is 48.7 Å². The maximum absolute atomic E-state index is 12.6. The van der Waals surface area contributed by atoms with E-state index in [2.05, 4.69) is 10.2 Å². The molecule has 1 aliphatic heterocycles. The quantitative estimate of drug-likeness (QED) is 0.782. The molecule has 3 rings (SSSR count). The predicted octanol–water partition coefficient (Wildman–Crippen LogP) is 3.63. The second kappa shape index (κ2) is 9.09. The molecule has 1 amide bonds. The second-order valence-electron chi connectivity index (χ2n) is 7.46. The number of rotatable bonds is 5. The minimum absolute atomic E-state index is 0.361. The van der Waals surface area contributed by atoms with Crippen LogP contribution < -0.4 is 10.2 Å². The Labute approximate surface area is 171 Å². The van der Waals surface area contributed by atoms with Crippen molar-refractivity contribution in [2.75, 3.05) is 36.5 Å². The minimum atomic E-state index is -0.901. The number of benzene rings is 2. The first-order chi connectivity index (χ1) is 13.8. The van der Waals surface area contributed by atoms with Gasteiger partial charge in [0, 0.05) is 24.5 Å². The van der Waals surface area contributed by atoms with Crippen molar-refractivity contribution >= 4 is 23.3 Å². The van der Waals surface area contributed by atoms with Gasteiger partial charge in [0.25, 0.3) is 5.91 Å². The summed E-state index contributed by atoms with van der Waals surface area (Å²) in [6.45, 7) is 10.5. The van der Waals surface area contributed by atoms with Crippen LogP contribution in [0.25, 0.3) is 0 Å². The first-order valence-electron chi connectivity index (χ1n) is 9.87. The van der Waals surface area contributed by atoms with E-state index >= 15 is 0 Å². The summed E-state index contributed by atoms with van der Waals surface area (Å²) in [6.07, 6.45) is -0.901. The minimum Gasteiger partial charge on any atom is -0.449 e. The van der Waals surface area contributed by atoms with Gasteiger partial charge in [-0.05, 0) is 63.1 Å². The smallest absolute Gasteiger partial charge is 0.339 e. The van der Waals surface area contributed by atoms with Gasteiger partial charge in [-0.25, -0.2) is 4.79 Å². The van der Waals surface area contributed by atoms with Gasteiger partial charge in [-0.15, -0.1) is 0 Å². The Morgan fingerprint density at radius 3 is 2.21 bits per heavy atom.